The lowest BCUT2D eigenvalue weighted by atomic mass is 10.1. The molecule has 0 aliphatic carbocycles. The smallest absolute Gasteiger partial charge is 0.313 e. The van der Waals surface area contributed by atoms with Gasteiger partial charge in [0.15, 0.2) is 0 Å². The lowest BCUT2D eigenvalue weighted by Crippen LogP contribution is -2.29. The molecule has 0 aliphatic heterocycles. The van der Waals surface area contributed by atoms with Gasteiger partial charge in [0.05, 0.1) is 0 Å². The maximum atomic E-state index is 10.9. The van der Waals surface area contributed by atoms with Crippen molar-refractivity contribution < 1.29 is 9.59 Å². The molecule has 0 heterocycles. The number of amides is 2. The summed E-state index contributed by atoms with van der Waals surface area (Å²) in [6.45, 7) is 3.89. The Bertz CT molecular complexity index is 386. The summed E-state index contributed by atoms with van der Waals surface area (Å²) < 4.78 is 0. The van der Waals surface area contributed by atoms with E-state index in [0.29, 0.717) is 5.69 Å². The second-order valence-corrected chi connectivity index (χ2v) is 3.12. The molecule has 1 rings (SSSR count). The Hall–Kier alpha value is -1.84. The van der Waals surface area contributed by atoms with Crippen LogP contribution in [-0.2, 0) is 9.59 Å². The van der Waals surface area contributed by atoms with E-state index in [0.717, 1.165) is 11.1 Å². The van der Waals surface area contributed by atoms with Gasteiger partial charge in [-0.05, 0) is 37.1 Å². The average Bonchev–Trinajstić information content (AvgIpc) is 2.11. The zero-order valence-electron chi connectivity index (χ0n) is 8.13. The monoisotopic (exact) mass is 192 g/mol. The summed E-state index contributed by atoms with van der Waals surface area (Å²) in [7, 11) is 0. The van der Waals surface area contributed by atoms with E-state index in [4.69, 9.17) is 5.73 Å². The number of carbonyl (C=O) groups excluding carboxylic acids is 2. The van der Waals surface area contributed by atoms with E-state index in [-0.39, 0.29) is 0 Å². The zero-order valence-corrected chi connectivity index (χ0v) is 8.13. The first-order valence-electron chi connectivity index (χ1n) is 4.18. The predicted octanol–water partition coefficient (Wildman–Crippen LogP) is 0.727. The Kier molecular flexibility index (Phi) is 2.86. The van der Waals surface area contributed by atoms with E-state index in [1.807, 2.05) is 19.9 Å². The van der Waals surface area contributed by atoms with Crippen molar-refractivity contribution in [2.45, 2.75) is 13.8 Å². The minimum Gasteiger partial charge on any atom is -0.361 e. The third-order valence-electron chi connectivity index (χ3n) is 1.99. The van der Waals surface area contributed by atoms with Crippen molar-refractivity contribution in [1.82, 2.24) is 0 Å². The van der Waals surface area contributed by atoms with Crippen LogP contribution in [0.1, 0.15) is 11.1 Å². The van der Waals surface area contributed by atoms with Crippen LogP contribution in [0, 0.1) is 13.8 Å². The number of benzene rings is 1. The van der Waals surface area contributed by atoms with Crippen molar-refractivity contribution >= 4 is 17.5 Å². The van der Waals surface area contributed by atoms with Crippen LogP contribution in [0.3, 0.4) is 0 Å². The molecule has 0 bridgehead atoms. The van der Waals surface area contributed by atoms with E-state index in [1.54, 1.807) is 12.1 Å². The number of anilines is 1. The second-order valence-electron chi connectivity index (χ2n) is 3.12. The molecule has 74 valence electrons. The molecule has 4 nitrogen and oxygen atoms in total. The fraction of sp³-hybridized carbons (Fsp3) is 0.200. The highest BCUT2D eigenvalue weighted by atomic mass is 16.2. The molecule has 2 amide bonds. The Morgan fingerprint density at radius 1 is 1.21 bits per heavy atom. The molecule has 0 spiro atoms. The standard InChI is InChI=1S/C10H12N2O2/c1-6-3-4-8(5-7(6)2)12-10(14)9(11)13/h3-5H,1-2H3,(H2,11,13)(H,12,14). The Morgan fingerprint density at radius 3 is 2.36 bits per heavy atom. The molecule has 1 aromatic rings. The molecule has 0 aliphatic rings. The third kappa shape index (κ3) is 2.32. The van der Waals surface area contributed by atoms with Gasteiger partial charge < -0.3 is 11.1 Å². The number of carbonyl (C=O) groups is 2. The van der Waals surface area contributed by atoms with Gasteiger partial charge in [-0.15, -0.1) is 0 Å². The van der Waals surface area contributed by atoms with Gasteiger partial charge in [-0.3, -0.25) is 9.59 Å². The molecule has 0 fully saturated rings. The largest absolute Gasteiger partial charge is 0.361 e. The molecule has 0 atom stereocenters. The first-order chi connectivity index (χ1) is 6.50. The normalized spacial score (nSPS) is 9.57. The van der Waals surface area contributed by atoms with Gasteiger partial charge in [-0.1, -0.05) is 6.07 Å². The first-order valence-corrected chi connectivity index (χ1v) is 4.18. The van der Waals surface area contributed by atoms with Gasteiger partial charge in [-0.2, -0.15) is 0 Å². The second kappa shape index (κ2) is 3.91. The van der Waals surface area contributed by atoms with E-state index in [2.05, 4.69) is 5.32 Å². The number of hydrogen-bond acceptors (Lipinski definition) is 2. The number of primary amides is 1. The fourth-order valence-corrected chi connectivity index (χ4v) is 1.01. The number of aryl methyl sites for hydroxylation is 2. The molecular formula is C10H12N2O2. The van der Waals surface area contributed by atoms with Gasteiger partial charge >= 0.3 is 11.8 Å². The van der Waals surface area contributed by atoms with Crippen molar-refractivity contribution in [2.75, 3.05) is 5.32 Å². The lowest BCUT2D eigenvalue weighted by molar-refractivity contribution is -0.134. The van der Waals surface area contributed by atoms with Gasteiger partial charge in [0.1, 0.15) is 0 Å². The van der Waals surface area contributed by atoms with Crippen LogP contribution in [0.5, 0.6) is 0 Å². The molecule has 0 saturated heterocycles. The summed E-state index contributed by atoms with van der Waals surface area (Å²) in [5.74, 6) is -1.78. The Morgan fingerprint density at radius 2 is 1.86 bits per heavy atom. The highest BCUT2D eigenvalue weighted by Gasteiger charge is 2.08. The fourth-order valence-electron chi connectivity index (χ4n) is 1.01. The molecule has 0 unspecified atom stereocenters. The lowest BCUT2D eigenvalue weighted by Gasteiger charge is -2.05. The molecule has 0 radical (unpaired) electrons. The molecule has 0 aromatic heterocycles. The van der Waals surface area contributed by atoms with Crippen molar-refractivity contribution in [3.8, 4) is 0 Å². The van der Waals surface area contributed by atoms with Crippen LogP contribution in [0.25, 0.3) is 0 Å². The minimum absolute atomic E-state index is 0.580. The van der Waals surface area contributed by atoms with Crippen molar-refractivity contribution in [2.24, 2.45) is 5.73 Å². The minimum atomic E-state index is -0.983. The molecule has 0 saturated carbocycles. The van der Waals surface area contributed by atoms with Crippen molar-refractivity contribution in [3.05, 3.63) is 29.3 Å². The molecular weight excluding hydrogens is 180 g/mol. The summed E-state index contributed by atoms with van der Waals surface area (Å²) in [6.07, 6.45) is 0. The van der Waals surface area contributed by atoms with Crippen LogP contribution in [0.2, 0.25) is 0 Å². The van der Waals surface area contributed by atoms with Gasteiger partial charge in [0, 0.05) is 5.69 Å². The van der Waals surface area contributed by atoms with E-state index < -0.39 is 11.8 Å². The SMILES string of the molecule is Cc1ccc(NC(=O)C(N)=O)cc1C. The number of hydrogen-bond donors (Lipinski definition) is 2. The predicted molar refractivity (Wildman–Crippen MR) is 53.7 cm³/mol. The van der Waals surface area contributed by atoms with Crippen molar-refractivity contribution in [1.29, 1.82) is 0 Å². The number of nitrogens with one attached hydrogen (secondary N) is 1. The van der Waals surface area contributed by atoms with Crippen LogP contribution >= 0.6 is 0 Å². The quantitative estimate of drug-likeness (QED) is 0.644. The van der Waals surface area contributed by atoms with Gasteiger partial charge in [0.25, 0.3) is 0 Å². The number of rotatable bonds is 1. The van der Waals surface area contributed by atoms with E-state index in [9.17, 15) is 9.59 Å². The van der Waals surface area contributed by atoms with Crippen molar-refractivity contribution in [3.63, 3.8) is 0 Å². The molecule has 3 N–H and O–H groups in total. The topological polar surface area (TPSA) is 72.2 Å². The summed E-state index contributed by atoms with van der Waals surface area (Å²) in [6, 6.07) is 5.38. The van der Waals surface area contributed by atoms with Crippen LogP contribution in [-0.4, -0.2) is 11.8 Å². The highest BCUT2D eigenvalue weighted by Crippen LogP contribution is 2.13. The van der Waals surface area contributed by atoms with Crippen LogP contribution in [0.4, 0.5) is 5.69 Å². The maximum Gasteiger partial charge on any atom is 0.313 e. The maximum absolute atomic E-state index is 10.9. The van der Waals surface area contributed by atoms with Gasteiger partial charge in [-0.25, -0.2) is 0 Å². The Balaban J connectivity index is 2.83. The summed E-state index contributed by atoms with van der Waals surface area (Å²) in [4.78, 5) is 21.4. The van der Waals surface area contributed by atoms with Crippen LogP contribution in [0.15, 0.2) is 18.2 Å². The molecule has 4 heteroatoms. The van der Waals surface area contributed by atoms with Gasteiger partial charge in [0.2, 0.25) is 0 Å². The Labute approximate surface area is 82.1 Å². The molecule has 1 aromatic carbocycles. The average molecular weight is 192 g/mol. The highest BCUT2D eigenvalue weighted by molar-refractivity contribution is 6.39. The first kappa shape index (κ1) is 10.2. The zero-order chi connectivity index (χ0) is 10.7. The third-order valence-corrected chi connectivity index (χ3v) is 1.99. The van der Waals surface area contributed by atoms with Crippen LogP contribution < -0.4 is 11.1 Å². The summed E-state index contributed by atoms with van der Waals surface area (Å²) in [5.41, 5.74) is 7.56. The number of nitrogens with two attached hydrogens (primary N) is 1. The summed E-state index contributed by atoms with van der Waals surface area (Å²) >= 11 is 0. The molecule has 14 heavy (non-hydrogen) atoms. The van der Waals surface area contributed by atoms with E-state index >= 15 is 0 Å². The van der Waals surface area contributed by atoms with E-state index in [1.165, 1.54) is 0 Å². The summed E-state index contributed by atoms with van der Waals surface area (Å²) in [5, 5.41) is 2.40.